The van der Waals surface area contributed by atoms with E-state index in [1.165, 1.54) is 6.20 Å². The van der Waals surface area contributed by atoms with Crippen LogP contribution in [0.1, 0.15) is 16.4 Å². The number of methoxy groups -OCH3 is 1. The highest BCUT2D eigenvalue weighted by atomic mass is 16.5. The van der Waals surface area contributed by atoms with Gasteiger partial charge in [0.1, 0.15) is 16.8 Å². The third-order valence-electron chi connectivity index (χ3n) is 3.99. The number of carbonyl (C=O) groups excluding carboxylic acids is 1. The lowest BCUT2D eigenvalue weighted by Gasteiger charge is -2.05. The second kappa shape index (κ2) is 6.36. The van der Waals surface area contributed by atoms with Crippen molar-refractivity contribution in [2.24, 2.45) is 0 Å². The van der Waals surface area contributed by atoms with Gasteiger partial charge in [0.2, 0.25) is 11.7 Å². The van der Waals surface area contributed by atoms with Crippen LogP contribution in [0.15, 0.2) is 53.1 Å². The van der Waals surface area contributed by atoms with E-state index in [1.807, 2.05) is 42.5 Å². The highest BCUT2D eigenvalue weighted by Crippen LogP contribution is 2.33. The Kier molecular flexibility index (Phi) is 3.89. The molecule has 0 spiro atoms. The molecule has 0 bridgehead atoms. The Morgan fingerprint density at radius 2 is 2.00 bits per heavy atom. The minimum absolute atomic E-state index is 0.123. The normalized spacial score (nSPS) is 10.8. The summed E-state index contributed by atoms with van der Waals surface area (Å²) in [4.78, 5) is 23.8. The van der Waals surface area contributed by atoms with Gasteiger partial charge in [0.05, 0.1) is 13.3 Å². The van der Waals surface area contributed by atoms with Gasteiger partial charge >= 0.3 is 0 Å². The summed E-state index contributed by atoms with van der Waals surface area (Å²) in [5, 5.41) is 2.70. The summed E-state index contributed by atoms with van der Waals surface area (Å²) in [5.41, 5.74) is 3.38. The highest BCUT2D eigenvalue weighted by molar-refractivity contribution is 6.03. The van der Waals surface area contributed by atoms with Gasteiger partial charge in [-0.25, -0.2) is 9.97 Å². The van der Waals surface area contributed by atoms with Crippen LogP contribution >= 0.6 is 0 Å². The van der Waals surface area contributed by atoms with Crippen LogP contribution in [0.2, 0.25) is 0 Å². The maximum atomic E-state index is 12.3. The molecule has 0 saturated heterocycles. The third-order valence-corrected chi connectivity index (χ3v) is 3.99. The molecule has 2 heterocycles. The summed E-state index contributed by atoms with van der Waals surface area (Å²) in [5.74, 6) is 1.07. The molecule has 0 aliphatic rings. The predicted molar refractivity (Wildman–Crippen MR) is 97.3 cm³/mol. The van der Waals surface area contributed by atoms with E-state index in [2.05, 4.69) is 20.3 Å². The number of carbonyl (C=O) groups is 1. The Morgan fingerprint density at radius 3 is 2.69 bits per heavy atom. The van der Waals surface area contributed by atoms with Gasteiger partial charge in [-0.1, -0.05) is 30.3 Å². The number of nitrogens with one attached hydrogen (secondary N) is 2. The number of H-pyrrole nitrogens is 1. The quantitative estimate of drug-likeness (QED) is 0.585. The minimum Gasteiger partial charge on any atom is -0.494 e. The number of ether oxygens (including phenoxy) is 1. The van der Waals surface area contributed by atoms with E-state index in [0.717, 1.165) is 11.1 Å². The number of aryl methyl sites for hydroxylation is 1. The molecular weight excluding hydrogens is 332 g/mol. The summed E-state index contributed by atoms with van der Waals surface area (Å²) in [6, 6.07) is 13.7. The van der Waals surface area contributed by atoms with Gasteiger partial charge < -0.3 is 14.1 Å². The molecule has 1 amide bonds. The van der Waals surface area contributed by atoms with Gasteiger partial charge in [-0.3, -0.25) is 10.1 Å². The van der Waals surface area contributed by atoms with Gasteiger partial charge in [-0.2, -0.15) is 0 Å². The number of nitrogens with zero attached hydrogens (tertiary/aromatic N) is 2. The number of hydrogen-bond donors (Lipinski definition) is 2. The smallest absolute Gasteiger partial charge is 0.295 e. The number of fused-ring (bicyclic) bond motifs is 1. The summed E-state index contributed by atoms with van der Waals surface area (Å²) < 4.78 is 10.7. The second-order valence-electron chi connectivity index (χ2n) is 5.69. The van der Waals surface area contributed by atoms with Crippen LogP contribution in [0.25, 0.3) is 22.2 Å². The molecule has 4 aromatic rings. The van der Waals surface area contributed by atoms with Crippen LogP contribution in [-0.4, -0.2) is 28.0 Å². The first kappa shape index (κ1) is 15.9. The third kappa shape index (κ3) is 2.79. The molecule has 0 saturated carbocycles. The molecule has 130 valence electrons. The lowest BCUT2D eigenvalue weighted by atomic mass is 10.0. The lowest BCUT2D eigenvalue weighted by Crippen LogP contribution is -2.11. The van der Waals surface area contributed by atoms with Crippen molar-refractivity contribution >= 4 is 22.9 Å². The average Bonchev–Trinajstić information content (AvgIpc) is 3.27. The predicted octanol–water partition coefficient (Wildman–Crippen LogP) is 3.79. The van der Waals surface area contributed by atoms with Crippen molar-refractivity contribution in [1.29, 1.82) is 0 Å². The van der Waals surface area contributed by atoms with Crippen LogP contribution in [0.4, 0.5) is 5.95 Å². The van der Waals surface area contributed by atoms with E-state index >= 15 is 0 Å². The van der Waals surface area contributed by atoms with Crippen LogP contribution in [0.5, 0.6) is 5.75 Å². The first-order valence-electron chi connectivity index (χ1n) is 8.01. The molecule has 4 rings (SSSR count). The molecule has 0 radical (unpaired) electrons. The van der Waals surface area contributed by atoms with Gasteiger partial charge in [0.15, 0.2) is 5.89 Å². The minimum atomic E-state index is -0.426. The number of aromatic amines is 1. The number of imidazole rings is 1. The van der Waals surface area contributed by atoms with Crippen molar-refractivity contribution in [3.8, 4) is 16.9 Å². The van der Waals surface area contributed by atoms with E-state index < -0.39 is 5.91 Å². The molecule has 7 heteroatoms. The number of anilines is 1. The first-order valence-corrected chi connectivity index (χ1v) is 8.01. The number of amides is 1. The Balaban J connectivity index is 1.76. The van der Waals surface area contributed by atoms with Gasteiger partial charge in [0.25, 0.3) is 5.91 Å². The molecule has 26 heavy (non-hydrogen) atoms. The maximum absolute atomic E-state index is 12.3. The van der Waals surface area contributed by atoms with Crippen molar-refractivity contribution in [1.82, 2.24) is 15.0 Å². The molecule has 0 fully saturated rings. The zero-order chi connectivity index (χ0) is 18.1. The fourth-order valence-corrected chi connectivity index (χ4v) is 2.78. The largest absolute Gasteiger partial charge is 0.494 e. The first-order chi connectivity index (χ1) is 12.7. The fraction of sp³-hybridized carbons (Fsp3) is 0.105. The monoisotopic (exact) mass is 348 g/mol. The number of benzene rings is 2. The zero-order valence-electron chi connectivity index (χ0n) is 14.2. The standard InChI is InChI=1S/C19H16N4O3/c1-11-20-10-15(26-11)18(24)23-19-21-16-13(12-6-4-3-5-7-12)8-9-14(25-2)17(16)22-19/h3-10H,1-2H3,(H2,21,22,23,24). The summed E-state index contributed by atoms with van der Waals surface area (Å²) in [7, 11) is 1.59. The SMILES string of the molecule is COc1ccc(-c2ccccc2)c2nc(NC(=O)c3cnc(C)o3)[nH]c12. The highest BCUT2D eigenvalue weighted by Gasteiger charge is 2.17. The van der Waals surface area contributed by atoms with E-state index in [9.17, 15) is 4.79 Å². The van der Waals surface area contributed by atoms with Crippen molar-refractivity contribution < 1.29 is 13.9 Å². The second-order valence-corrected chi connectivity index (χ2v) is 5.69. The molecule has 0 aliphatic heterocycles. The van der Waals surface area contributed by atoms with Crippen LogP contribution in [0.3, 0.4) is 0 Å². The Hall–Kier alpha value is -3.61. The molecule has 0 aliphatic carbocycles. The molecule has 0 unspecified atom stereocenters. The molecule has 2 N–H and O–H groups in total. The number of rotatable bonds is 4. The zero-order valence-corrected chi connectivity index (χ0v) is 14.2. The van der Waals surface area contributed by atoms with Crippen LogP contribution < -0.4 is 10.1 Å². The maximum Gasteiger partial charge on any atom is 0.295 e. The van der Waals surface area contributed by atoms with Gasteiger partial charge in [-0.05, 0) is 17.7 Å². The van der Waals surface area contributed by atoms with Crippen LogP contribution in [0, 0.1) is 6.92 Å². The summed E-state index contributed by atoms with van der Waals surface area (Å²) >= 11 is 0. The van der Waals surface area contributed by atoms with Gasteiger partial charge in [-0.15, -0.1) is 0 Å². The Morgan fingerprint density at radius 1 is 1.19 bits per heavy atom. The Labute approximate surface area is 149 Å². The van der Waals surface area contributed by atoms with Crippen molar-refractivity contribution in [2.75, 3.05) is 12.4 Å². The molecule has 2 aromatic carbocycles. The van der Waals surface area contributed by atoms with Crippen LogP contribution in [-0.2, 0) is 0 Å². The lowest BCUT2D eigenvalue weighted by molar-refractivity contribution is 0.0994. The summed E-state index contributed by atoms with van der Waals surface area (Å²) in [6.45, 7) is 1.68. The molecule has 2 aromatic heterocycles. The topological polar surface area (TPSA) is 93.0 Å². The molecular formula is C19H16N4O3. The number of oxazole rings is 1. The van der Waals surface area contributed by atoms with E-state index in [0.29, 0.717) is 28.6 Å². The van der Waals surface area contributed by atoms with Crippen molar-refractivity contribution in [2.45, 2.75) is 6.92 Å². The number of aromatic nitrogens is 3. The Bertz CT molecular complexity index is 1080. The van der Waals surface area contributed by atoms with E-state index in [-0.39, 0.29) is 5.76 Å². The molecule has 7 nitrogen and oxygen atoms in total. The average molecular weight is 348 g/mol. The fourth-order valence-electron chi connectivity index (χ4n) is 2.78. The van der Waals surface area contributed by atoms with E-state index in [4.69, 9.17) is 9.15 Å². The summed E-state index contributed by atoms with van der Waals surface area (Å²) in [6.07, 6.45) is 1.38. The van der Waals surface area contributed by atoms with Gasteiger partial charge in [0, 0.05) is 12.5 Å². The molecule has 0 atom stereocenters. The van der Waals surface area contributed by atoms with Crippen molar-refractivity contribution in [3.05, 3.63) is 60.3 Å². The number of hydrogen-bond acceptors (Lipinski definition) is 5. The van der Waals surface area contributed by atoms with E-state index in [1.54, 1.807) is 14.0 Å². The van der Waals surface area contributed by atoms with Crippen molar-refractivity contribution in [3.63, 3.8) is 0 Å².